The molecule has 0 atom stereocenters. The zero-order valence-electron chi connectivity index (χ0n) is 9.50. The summed E-state index contributed by atoms with van der Waals surface area (Å²) in [5.41, 5.74) is 1.57. The summed E-state index contributed by atoms with van der Waals surface area (Å²) in [4.78, 5) is 2.20. The first-order valence-electron chi connectivity index (χ1n) is 5.33. The molecule has 1 radical (unpaired) electrons. The molecule has 2 rings (SSSR count). The van der Waals surface area contributed by atoms with Crippen LogP contribution >= 0.6 is 11.8 Å². The zero-order chi connectivity index (χ0) is 12.8. The second-order valence-electron chi connectivity index (χ2n) is 3.58. The number of rotatable bonds is 3. The number of hydrogen-bond acceptors (Lipinski definition) is 3. The molecule has 2 aromatic rings. The van der Waals surface area contributed by atoms with Crippen molar-refractivity contribution in [2.75, 3.05) is 0 Å². The fourth-order valence-corrected chi connectivity index (χ4v) is 2.26. The molecule has 0 bridgehead atoms. The van der Waals surface area contributed by atoms with Gasteiger partial charge in [-0.2, -0.15) is 5.26 Å². The number of hydrogen-bond donors (Lipinski definition) is 0. The molecule has 2 aromatic carbocycles. The highest BCUT2D eigenvalue weighted by atomic mass is 32.2. The van der Waals surface area contributed by atoms with Gasteiger partial charge in [0.25, 0.3) is 7.28 Å². The lowest BCUT2D eigenvalue weighted by Crippen LogP contribution is -2.10. The summed E-state index contributed by atoms with van der Waals surface area (Å²) in [5.74, 6) is 2.00. The summed E-state index contributed by atoms with van der Waals surface area (Å²) in [6.45, 7) is 0. The van der Waals surface area contributed by atoms with Crippen molar-refractivity contribution in [3.05, 3.63) is 54.1 Å². The average molecular weight is 247 g/mol. The monoisotopic (exact) mass is 247 g/mol. The van der Waals surface area contributed by atoms with Gasteiger partial charge < -0.3 is 0 Å². The van der Waals surface area contributed by atoms with E-state index in [1.165, 1.54) is 7.28 Å². The maximum atomic E-state index is 8.71. The molecule has 0 unspecified atom stereocenters. The van der Waals surface area contributed by atoms with Crippen LogP contribution in [0.2, 0.25) is 0 Å². The van der Waals surface area contributed by atoms with Crippen LogP contribution in [-0.4, -0.2) is 7.28 Å². The standard InChI is InChI=1S/C14H8BN2S/c16-9-11-1-5-13(6-2-11)18-14-7-3-12(4-8-14)15-10-17/h1-8H. The molecule has 18 heavy (non-hydrogen) atoms. The van der Waals surface area contributed by atoms with E-state index in [1.54, 1.807) is 23.9 Å². The Kier molecular flexibility index (Phi) is 4.07. The van der Waals surface area contributed by atoms with Gasteiger partial charge in [-0.3, -0.25) is 0 Å². The van der Waals surface area contributed by atoms with Crippen LogP contribution in [0.15, 0.2) is 58.3 Å². The van der Waals surface area contributed by atoms with Gasteiger partial charge >= 0.3 is 0 Å². The Hall–Kier alpha value is -2.17. The topological polar surface area (TPSA) is 47.6 Å². The number of nitrogens with zero attached hydrogens (tertiary/aromatic N) is 2. The molecule has 0 aromatic heterocycles. The molecule has 0 amide bonds. The maximum Gasteiger partial charge on any atom is 0.291 e. The molecule has 0 N–H and O–H groups in total. The third-order valence-electron chi connectivity index (χ3n) is 2.33. The molecule has 0 aliphatic rings. The van der Waals surface area contributed by atoms with E-state index >= 15 is 0 Å². The third kappa shape index (κ3) is 3.16. The van der Waals surface area contributed by atoms with Crippen LogP contribution < -0.4 is 5.46 Å². The van der Waals surface area contributed by atoms with Crippen molar-refractivity contribution in [3.8, 4) is 12.0 Å². The van der Waals surface area contributed by atoms with Gasteiger partial charge in [0.1, 0.15) is 0 Å². The van der Waals surface area contributed by atoms with Gasteiger partial charge in [-0.15, -0.1) is 0 Å². The molecular formula is C14H8BN2S. The molecular weight excluding hydrogens is 239 g/mol. The molecule has 0 saturated heterocycles. The second-order valence-corrected chi connectivity index (χ2v) is 4.73. The molecule has 4 heteroatoms. The van der Waals surface area contributed by atoms with Gasteiger partial charge in [-0.1, -0.05) is 29.4 Å². The van der Waals surface area contributed by atoms with Gasteiger partial charge in [-0.25, -0.2) is 5.26 Å². The van der Waals surface area contributed by atoms with Crippen LogP contribution in [0.5, 0.6) is 0 Å². The molecule has 0 heterocycles. The van der Waals surface area contributed by atoms with E-state index in [2.05, 4.69) is 6.07 Å². The Morgan fingerprint density at radius 1 is 0.833 bits per heavy atom. The van der Waals surface area contributed by atoms with Gasteiger partial charge in [0.15, 0.2) is 0 Å². The van der Waals surface area contributed by atoms with Crippen molar-refractivity contribution in [1.29, 1.82) is 10.5 Å². The summed E-state index contributed by atoms with van der Waals surface area (Å²) in [6, 6.07) is 17.3. The largest absolute Gasteiger partial charge is 0.291 e. The molecule has 0 fully saturated rings. The second kappa shape index (κ2) is 5.96. The summed E-state index contributed by atoms with van der Waals surface area (Å²) in [7, 11) is 1.51. The Morgan fingerprint density at radius 2 is 1.39 bits per heavy atom. The number of nitriles is 2. The van der Waals surface area contributed by atoms with E-state index < -0.39 is 0 Å². The van der Waals surface area contributed by atoms with Crippen molar-refractivity contribution in [3.63, 3.8) is 0 Å². The predicted molar refractivity (Wildman–Crippen MR) is 72.7 cm³/mol. The van der Waals surface area contributed by atoms with Gasteiger partial charge in [0, 0.05) is 15.8 Å². The summed E-state index contributed by atoms with van der Waals surface area (Å²) < 4.78 is 0. The van der Waals surface area contributed by atoms with Crippen molar-refractivity contribution in [2.45, 2.75) is 9.79 Å². The van der Waals surface area contributed by atoms with Crippen LogP contribution in [0.1, 0.15) is 5.56 Å². The molecule has 2 nitrogen and oxygen atoms in total. The van der Waals surface area contributed by atoms with Crippen LogP contribution in [0.3, 0.4) is 0 Å². The Labute approximate surface area is 111 Å². The third-order valence-corrected chi connectivity index (χ3v) is 3.35. The van der Waals surface area contributed by atoms with E-state index in [0.29, 0.717) is 5.56 Å². The van der Waals surface area contributed by atoms with Crippen molar-refractivity contribution < 1.29 is 0 Å². The molecule has 0 saturated carbocycles. The van der Waals surface area contributed by atoms with E-state index in [0.717, 1.165) is 15.3 Å². The van der Waals surface area contributed by atoms with E-state index in [4.69, 9.17) is 10.5 Å². The first-order chi connectivity index (χ1) is 8.81. The highest BCUT2D eigenvalue weighted by Crippen LogP contribution is 2.26. The highest BCUT2D eigenvalue weighted by Gasteiger charge is 1.99. The van der Waals surface area contributed by atoms with Crippen LogP contribution in [0, 0.1) is 22.6 Å². The van der Waals surface area contributed by atoms with Crippen molar-refractivity contribution in [1.82, 2.24) is 0 Å². The average Bonchev–Trinajstić information content (AvgIpc) is 2.42. The Balaban J connectivity index is 2.09. The molecule has 0 aliphatic carbocycles. The Morgan fingerprint density at radius 3 is 1.89 bits per heavy atom. The lowest BCUT2D eigenvalue weighted by Gasteiger charge is -2.02. The quantitative estimate of drug-likeness (QED) is 0.783. The number of benzene rings is 2. The predicted octanol–water partition coefficient (Wildman–Crippen LogP) is 2.52. The van der Waals surface area contributed by atoms with E-state index in [9.17, 15) is 0 Å². The maximum absolute atomic E-state index is 8.71. The highest BCUT2D eigenvalue weighted by molar-refractivity contribution is 7.99. The summed E-state index contributed by atoms with van der Waals surface area (Å²) in [5, 5.41) is 17.2. The van der Waals surface area contributed by atoms with Crippen LogP contribution in [-0.2, 0) is 0 Å². The smallest absolute Gasteiger partial charge is 0.213 e. The first-order valence-corrected chi connectivity index (χ1v) is 6.14. The summed E-state index contributed by atoms with van der Waals surface area (Å²) in [6.07, 6.45) is 0. The normalized spacial score (nSPS) is 9.22. The van der Waals surface area contributed by atoms with Gasteiger partial charge in [-0.05, 0) is 36.4 Å². The van der Waals surface area contributed by atoms with Crippen LogP contribution in [0.25, 0.3) is 0 Å². The minimum Gasteiger partial charge on any atom is -0.213 e. The molecule has 0 aliphatic heterocycles. The fourth-order valence-electron chi connectivity index (χ4n) is 1.44. The minimum atomic E-state index is 0.665. The van der Waals surface area contributed by atoms with Gasteiger partial charge in [0.2, 0.25) is 0 Å². The van der Waals surface area contributed by atoms with E-state index in [-0.39, 0.29) is 0 Å². The SMILES string of the molecule is N#C[B]c1ccc(Sc2ccc(C#N)cc2)cc1. The zero-order valence-corrected chi connectivity index (χ0v) is 10.3. The summed E-state index contributed by atoms with van der Waals surface area (Å²) >= 11 is 1.63. The molecule has 0 spiro atoms. The van der Waals surface area contributed by atoms with Crippen molar-refractivity contribution >= 4 is 24.5 Å². The minimum absolute atomic E-state index is 0.665. The first kappa shape index (κ1) is 12.3. The van der Waals surface area contributed by atoms with E-state index in [1.807, 2.05) is 42.4 Å². The van der Waals surface area contributed by atoms with Crippen LogP contribution in [0.4, 0.5) is 0 Å². The molecule has 83 valence electrons. The van der Waals surface area contributed by atoms with Gasteiger partial charge in [0.05, 0.1) is 11.6 Å². The Bertz CT molecular complexity index is 606. The fraction of sp³-hybridized carbons (Fsp3) is 0. The lowest BCUT2D eigenvalue weighted by atomic mass is 9.73. The van der Waals surface area contributed by atoms with Crippen molar-refractivity contribution in [2.24, 2.45) is 0 Å². The lowest BCUT2D eigenvalue weighted by molar-refractivity contribution is 1.39.